The molecule has 0 aliphatic rings. The Bertz CT molecular complexity index is 203. The van der Waals surface area contributed by atoms with Gasteiger partial charge in [0, 0.05) is 11.0 Å². The molecule has 0 aliphatic carbocycles. The van der Waals surface area contributed by atoms with E-state index in [0.29, 0.717) is 0 Å². The summed E-state index contributed by atoms with van der Waals surface area (Å²) in [5.41, 5.74) is 0.197. The summed E-state index contributed by atoms with van der Waals surface area (Å²) < 4.78 is 0.287. The molecule has 0 saturated carbocycles. The Morgan fingerprint density at radius 2 is 1.62 bits per heavy atom. The van der Waals surface area contributed by atoms with Crippen molar-refractivity contribution in [3.05, 3.63) is 0 Å². The van der Waals surface area contributed by atoms with Crippen LogP contribution in [0.2, 0.25) is 0 Å². The van der Waals surface area contributed by atoms with Crippen LogP contribution in [-0.2, 0) is 0 Å². The minimum atomic E-state index is 0.130. The highest BCUT2D eigenvalue weighted by Gasteiger charge is 2.12. The van der Waals surface area contributed by atoms with E-state index in [-0.39, 0.29) is 20.6 Å². The van der Waals surface area contributed by atoms with Gasteiger partial charge in [-0.25, -0.2) is 0 Å². The average molecular weight is 201 g/mol. The summed E-state index contributed by atoms with van der Waals surface area (Å²) in [4.78, 5) is 4.43. The maximum atomic E-state index is 4.43. The zero-order valence-electron chi connectivity index (χ0n) is 9.85. The summed E-state index contributed by atoms with van der Waals surface area (Å²) in [7, 11) is 0.130. The molecule has 1 nitrogen and oxygen atoms in total. The SMILES string of the molecule is C=S(CN=CC(C)(C)C)C(C)(C)C. The van der Waals surface area contributed by atoms with Gasteiger partial charge in [-0.1, -0.05) is 47.4 Å². The highest BCUT2D eigenvalue weighted by molar-refractivity contribution is 8.15. The highest BCUT2D eigenvalue weighted by Crippen LogP contribution is 2.29. The summed E-state index contributed by atoms with van der Waals surface area (Å²) in [5, 5.41) is 0. The molecule has 13 heavy (non-hydrogen) atoms. The Balaban J connectivity index is 4.06. The number of hydrogen-bond acceptors (Lipinski definition) is 1. The smallest absolute Gasteiger partial charge is 0.0792 e. The van der Waals surface area contributed by atoms with Gasteiger partial charge in [-0.15, -0.1) is 0 Å². The first-order valence-corrected chi connectivity index (χ1v) is 6.21. The van der Waals surface area contributed by atoms with E-state index in [9.17, 15) is 0 Å². The van der Waals surface area contributed by atoms with Crippen molar-refractivity contribution in [3.63, 3.8) is 0 Å². The van der Waals surface area contributed by atoms with Gasteiger partial charge < -0.3 is 0 Å². The minimum absolute atomic E-state index is 0.130. The van der Waals surface area contributed by atoms with E-state index in [1.807, 2.05) is 6.21 Å². The van der Waals surface area contributed by atoms with Crippen molar-refractivity contribution in [1.29, 1.82) is 0 Å². The predicted octanol–water partition coefficient (Wildman–Crippen LogP) is 3.56. The van der Waals surface area contributed by atoms with Crippen molar-refractivity contribution in [3.8, 4) is 0 Å². The molecule has 0 aromatic heterocycles. The van der Waals surface area contributed by atoms with Gasteiger partial charge in [0.15, 0.2) is 0 Å². The molecule has 1 unspecified atom stereocenters. The Kier molecular flexibility index (Phi) is 4.37. The van der Waals surface area contributed by atoms with Crippen LogP contribution in [0.3, 0.4) is 0 Å². The van der Waals surface area contributed by atoms with Crippen molar-refractivity contribution in [1.82, 2.24) is 0 Å². The molecule has 0 rings (SSSR count). The van der Waals surface area contributed by atoms with Crippen LogP contribution >= 0.6 is 10.5 Å². The summed E-state index contributed by atoms with van der Waals surface area (Å²) in [5.74, 6) is 5.00. The minimum Gasteiger partial charge on any atom is -0.287 e. The van der Waals surface area contributed by atoms with Crippen molar-refractivity contribution in [2.24, 2.45) is 10.4 Å². The Morgan fingerprint density at radius 1 is 1.15 bits per heavy atom. The van der Waals surface area contributed by atoms with E-state index in [4.69, 9.17) is 0 Å². The molecular weight excluding hydrogens is 178 g/mol. The van der Waals surface area contributed by atoms with Crippen LogP contribution in [0, 0.1) is 5.41 Å². The number of rotatable bonds is 2. The standard InChI is InChI=1S/C11H23NS/c1-10(2,3)8-12-9-13(7)11(4,5)6/h8H,7,9H2,1-6H3. The van der Waals surface area contributed by atoms with Crippen LogP contribution in [0.1, 0.15) is 41.5 Å². The Morgan fingerprint density at radius 3 is 1.92 bits per heavy atom. The molecule has 1 atom stereocenters. The molecule has 0 N–H and O–H groups in total. The van der Waals surface area contributed by atoms with Gasteiger partial charge in [-0.05, 0) is 5.41 Å². The van der Waals surface area contributed by atoms with Crippen molar-refractivity contribution in [2.75, 3.05) is 5.88 Å². The topological polar surface area (TPSA) is 12.4 Å². The van der Waals surface area contributed by atoms with E-state index in [2.05, 4.69) is 52.4 Å². The van der Waals surface area contributed by atoms with Crippen LogP contribution in [0.15, 0.2) is 4.99 Å². The monoisotopic (exact) mass is 201 g/mol. The quantitative estimate of drug-likeness (QED) is 0.478. The fraction of sp³-hybridized carbons (Fsp3) is 0.818. The van der Waals surface area contributed by atoms with Gasteiger partial charge in [0.25, 0.3) is 0 Å². The first kappa shape index (κ1) is 12.9. The maximum absolute atomic E-state index is 4.43. The van der Waals surface area contributed by atoms with Crippen LogP contribution < -0.4 is 0 Å². The van der Waals surface area contributed by atoms with Gasteiger partial charge >= 0.3 is 0 Å². The Labute approximate surface area is 85.6 Å². The molecule has 0 bridgehead atoms. The second-order valence-corrected chi connectivity index (χ2v) is 7.88. The second kappa shape index (κ2) is 4.41. The third-order valence-corrected chi connectivity index (χ3v) is 3.77. The summed E-state index contributed by atoms with van der Waals surface area (Å²) >= 11 is 0. The van der Waals surface area contributed by atoms with Gasteiger partial charge in [0.1, 0.15) is 0 Å². The molecule has 0 radical (unpaired) electrons. The molecule has 0 saturated heterocycles. The van der Waals surface area contributed by atoms with E-state index in [1.54, 1.807) is 0 Å². The zero-order chi connectivity index (χ0) is 10.7. The molecule has 0 heterocycles. The molecule has 0 fully saturated rings. The van der Waals surface area contributed by atoms with Gasteiger partial charge in [-0.3, -0.25) is 4.99 Å². The summed E-state index contributed by atoms with van der Waals surface area (Å²) in [6, 6.07) is 0. The molecule has 2 heteroatoms. The fourth-order valence-corrected chi connectivity index (χ4v) is 1.24. The van der Waals surface area contributed by atoms with E-state index in [1.165, 1.54) is 0 Å². The summed E-state index contributed by atoms with van der Waals surface area (Å²) in [6.45, 7) is 13.1. The van der Waals surface area contributed by atoms with E-state index >= 15 is 0 Å². The average Bonchev–Trinajstić information content (AvgIpc) is 1.82. The molecule has 0 spiro atoms. The molecule has 0 amide bonds. The van der Waals surface area contributed by atoms with E-state index in [0.717, 1.165) is 5.88 Å². The number of nitrogens with zero attached hydrogens (tertiary/aromatic N) is 1. The number of aliphatic imine (C=N–C) groups is 1. The first-order valence-electron chi connectivity index (χ1n) is 4.64. The largest absolute Gasteiger partial charge is 0.287 e. The molecule has 78 valence electrons. The van der Waals surface area contributed by atoms with Crippen LogP contribution in [0.5, 0.6) is 0 Å². The lowest BCUT2D eigenvalue weighted by molar-refractivity contribution is 0.606. The fourth-order valence-electron chi connectivity index (χ4n) is 0.595. The van der Waals surface area contributed by atoms with Crippen LogP contribution in [-0.4, -0.2) is 22.7 Å². The van der Waals surface area contributed by atoms with Gasteiger partial charge in [-0.2, -0.15) is 10.5 Å². The molecular formula is C11H23NS. The lowest BCUT2D eigenvalue weighted by Crippen LogP contribution is -2.12. The van der Waals surface area contributed by atoms with Crippen molar-refractivity contribution < 1.29 is 0 Å². The molecule has 0 aliphatic heterocycles. The number of hydrogen-bond donors (Lipinski definition) is 0. The Hall–Kier alpha value is -0.110. The van der Waals surface area contributed by atoms with Crippen molar-refractivity contribution >= 4 is 22.6 Å². The third-order valence-electron chi connectivity index (χ3n) is 1.57. The maximum Gasteiger partial charge on any atom is 0.0792 e. The third kappa shape index (κ3) is 7.00. The highest BCUT2D eigenvalue weighted by atomic mass is 32.2. The molecule has 0 aromatic carbocycles. The van der Waals surface area contributed by atoms with Crippen LogP contribution in [0.4, 0.5) is 0 Å². The predicted molar refractivity (Wildman–Crippen MR) is 67.3 cm³/mol. The lowest BCUT2D eigenvalue weighted by Gasteiger charge is -2.22. The second-order valence-electron chi connectivity index (χ2n) is 5.41. The van der Waals surface area contributed by atoms with Gasteiger partial charge in [0.05, 0.1) is 5.88 Å². The molecule has 0 aromatic rings. The summed E-state index contributed by atoms with van der Waals surface area (Å²) in [6.07, 6.45) is 2.03. The first-order chi connectivity index (χ1) is 5.63. The lowest BCUT2D eigenvalue weighted by atomic mass is 9.99. The van der Waals surface area contributed by atoms with E-state index < -0.39 is 0 Å². The van der Waals surface area contributed by atoms with Crippen LogP contribution in [0.25, 0.3) is 0 Å². The van der Waals surface area contributed by atoms with Crippen molar-refractivity contribution in [2.45, 2.75) is 46.3 Å². The zero-order valence-corrected chi connectivity index (χ0v) is 10.7. The normalized spacial score (nSPS) is 16.5. The van der Waals surface area contributed by atoms with Gasteiger partial charge in [0.2, 0.25) is 0 Å².